The highest BCUT2D eigenvalue weighted by molar-refractivity contribution is 5.71. The van der Waals surface area contributed by atoms with Crippen LogP contribution in [0.4, 0.5) is 4.39 Å². The van der Waals surface area contributed by atoms with Gasteiger partial charge in [0.1, 0.15) is 23.9 Å². The lowest BCUT2D eigenvalue weighted by molar-refractivity contribution is -0.136. The molecule has 1 saturated carbocycles. The number of rotatable bonds is 11. The second kappa shape index (κ2) is 10.9. The Labute approximate surface area is 206 Å². The number of aryl methyl sites for hydroxylation is 1. The van der Waals surface area contributed by atoms with E-state index in [0.29, 0.717) is 36.0 Å². The van der Waals surface area contributed by atoms with E-state index < -0.39 is 5.97 Å². The van der Waals surface area contributed by atoms with E-state index in [9.17, 15) is 9.18 Å². The van der Waals surface area contributed by atoms with E-state index >= 15 is 0 Å². The molecule has 0 amide bonds. The Morgan fingerprint density at radius 1 is 1.03 bits per heavy atom. The van der Waals surface area contributed by atoms with Crippen LogP contribution in [-0.2, 0) is 17.8 Å². The van der Waals surface area contributed by atoms with Crippen molar-refractivity contribution in [2.45, 2.75) is 38.3 Å². The zero-order valence-corrected chi connectivity index (χ0v) is 20.5. The van der Waals surface area contributed by atoms with Gasteiger partial charge in [-0.05, 0) is 91.9 Å². The summed E-state index contributed by atoms with van der Waals surface area (Å²) >= 11 is 0. The summed E-state index contributed by atoms with van der Waals surface area (Å²) in [6.45, 7) is 0.362. The zero-order valence-electron chi connectivity index (χ0n) is 20.5. The van der Waals surface area contributed by atoms with Crippen molar-refractivity contribution in [2.24, 2.45) is 5.92 Å². The first-order valence-electron chi connectivity index (χ1n) is 11.9. The number of carboxylic acids is 1. The van der Waals surface area contributed by atoms with E-state index in [1.807, 2.05) is 36.4 Å². The largest absolute Gasteiger partial charge is 0.497 e. The highest BCUT2D eigenvalue weighted by Gasteiger charge is 2.35. The molecule has 1 atom stereocenters. The zero-order chi connectivity index (χ0) is 24.9. The second-order valence-corrected chi connectivity index (χ2v) is 9.34. The maximum absolute atomic E-state index is 14.9. The SMILES string of the molecule is COc1ccc(F)c(-c2ccc(COc3cccc(CCC(=O)O)c3)cc2C(C2CC2)N(C)C)c1. The third kappa shape index (κ3) is 6.20. The van der Waals surface area contributed by atoms with Crippen molar-refractivity contribution in [1.82, 2.24) is 4.90 Å². The van der Waals surface area contributed by atoms with Crippen molar-refractivity contribution in [1.29, 1.82) is 0 Å². The minimum Gasteiger partial charge on any atom is -0.497 e. The third-order valence-electron chi connectivity index (χ3n) is 6.45. The Balaban J connectivity index is 1.63. The fourth-order valence-electron chi connectivity index (χ4n) is 4.60. The molecule has 1 N–H and O–H groups in total. The molecule has 0 spiro atoms. The van der Waals surface area contributed by atoms with Gasteiger partial charge in [0.2, 0.25) is 0 Å². The molecular formula is C29H32FNO4. The van der Waals surface area contributed by atoms with Gasteiger partial charge in [0.25, 0.3) is 0 Å². The average Bonchev–Trinajstić information content (AvgIpc) is 3.67. The van der Waals surface area contributed by atoms with Gasteiger partial charge >= 0.3 is 5.97 Å². The quantitative estimate of drug-likeness (QED) is 0.361. The van der Waals surface area contributed by atoms with Gasteiger partial charge in [0.15, 0.2) is 0 Å². The molecule has 1 unspecified atom stereocenters. The summed E-state index contributed by atoms with van der Waals surface area (Å²) < 4.78 is 26.4. The van der Waals surface area contributed by atoms with Crippen LogP contribution >= 0.6 is 0 Å². The van der Waals surface area contributed by atoms with Gasteiger partial charge in [-0.25, -0.2) is 4.39 Å². The molecule has 184 valence electrons. The number of methoxy groups -OCH3 is 1. The number of carbonyl (C=O) groups is 1. The lowest BCUT2D eigenvalue weighted by Gasteiger charge is -2.28. The Morgan fingerprint density at radius 3 is 2.51 bits per heavy atom. The number of nitrogens with zero attached hydrogens (tertiary/aromatic N) is 1. The molecule has 0 heterocycles. The highest BCUT2D eigenvalue weighted by Crippen LogP contribution is 2.47. The predicted octanol–water partition coefficient (Wildman–Crippen LogP) is 6.11. The van der Waals surface area contributed by atoms with Crippen molar-refractivity contribution in [3.05, 3.63) is 83.2 Å². The van der Waals surface area contributed by atoms with E-state index in [4.69, 9.17) is 14.6 Å². The van der Waals surface area contributed by atoms with Crippen LogP contribution < -0.4 is 9.47 Å². The summed E-state index contributed by atoms with van der Waals surface area (Å²) in [6, 6.07) is 18.6. The third-order valence-corrected chi connectivity index (χ3v) is 6.45. The minimum atomic E-state index is -0.817. The molecule has 1 aliphatic rings. The molecule has 4 rings (SSSR count). The fourth-order valence-corrected chi connectivity index (χ4v) is 4.60. The van der Waals surface area contributed by atoms with E-state index in [1.54, 1.807) is 19.2 Å². The van der Waals surface area contributed by atoms with Crippen LogP contribution in [0.2, 0.25) is 0 Å². The molecule has 3 aromatic rings. The maximum atomic E-state index is 14.9. The predicted molar refractivity (Wildman–Crippen MR) is 134 cm³/mol. The molecule has 6 heteroatoms. The molecule has 0 radical (unpaired) electrons. The molecule has 1 aliphatic carbocycles. The number of halogens is 1. The Kier molecular flexibility index (Phi) is 7.71. The molecule has 35 heavy (non-hydrogen) atoms. The van der Waals surface area contributed by atoms with Crippen LogP contribution in [0, 0.1) is 11.7 Å². The number of aliphatic carboxylic acids is 1. The summed E-state index contributed by atoms with van der Waals surface area (Å²) in [5.41, 5.74) is 4.41. The molecule has 1 fully saturated rings. The van der Waals surface area contributed by atoms with Crippen molar-refractivity contribution in [2.75, 3.05) is 21.2 Å². The Hall–Kier alpha value is -3.38. The van der Waals surface area contributed by atoms with Crippen molar-refractivity contribution >= 4 is 5.97 Å². The molecular weight excluding hydrogens is 445 g/mol. The monoisotopic (exact) mass is 477 g/mol. The van der Waals surface area contributed by atoms with Gasteiger partial charge in [-0.1, -0.05) is 30.3 Å². The van der Waals surface area contributed by atoms with Crippen molar-refractivity contribution in [3.63, 3.8) is 0 Å². The summed E-state index contributed by atoms with van der Waals surface area (Å²) in [5, 5.41) is 8.94. The summed E-state index contributed by atoms with van der Waals surface area (Å²) in [4.78, 5) is 13.1. The lowest BCUT2D eigenvalue weighted by atomic mass is 9.90. The second-order valence-electron chi connectivity index (χ2n) is 9.34. The van der Waals surface area contributed by atoms with Gasteiger partial charge in [0, 0.05) is 18.0 Å². The molecule has 5 nitrogen and oxygen atoms in total. The van der Waals surface area contributed by atoms with Crippen LogP contribution in [-0.4, -0.2) is 37.2 Å². The van der Waals surface area contributed by atoms with E-state index in [2.05, 4.69) is 25.1 Å². The van der Waals surface area contributed by atoms with Crippen LogP contribution in [0.25, 0.3) is 11.1 Å². The Bertz CT molecular complexity index is 1190. The van der Waals surface area contributed by atoms with E-state index in [1.165, 1.54) is 6.07 Å². The first-order valence-corrected chi connectivity index (χ1v) is 11.9. The fraction of sp³-hybridized carbons (Fsp3) is 0.345. The first-order chi connectivity index (χ1) is 16.9. The van der Waals surface area contributed by atoms with Crippen molar-refractivity contribution < 1.29 is 23.8 Å². The molecule has 0 aromatic heterocycles. The van der Waals surface area contributed by atoms with Gasteiger partial charge in [-0.3, -0.25) is 4.79 Å². The minimum absolute atomic E-state index is 0.0855. The topological polar surface area (TPSA) is 59.0 Å². The number of carboxylic acid groups (broad SMARTS) is 1. The maximum Gasteiger partial charge on any atom is 0.303 e. The van der Waals surface area contributed by atoms with Crippen LogP contribution in [0.1, 0.15) is 42.0 Å². The molecule has 3 aromatic carbocycles. The first kappa shape index (κ1) is 24.7. The summed E-state index contributed by atoms with van der Waals surface area (Å²) in [7, 11) is 5.73. The number of hydrogen-bond acceptors (Lipinski definition) is 4. The standard InChI is InChI=1S/C29H32FNO4/c1-31(2)29(21-9-10-21)26-16-20(7-12-24(26)25-17-22(34-3)11-13-27(25)30)18-35-23-6-4-5-19(15-23)8-14-28(32)33/h4-7,11-13,15-17,21,29H,8-10,14,18H2,1-3H3,(H,32,33). The average molecular weight is 478 g/mol. The Morgan fingerprint density at radius 2 is 1.83 bits per heavy atom. The molecule has 0 bridgehead atoms. The van der Waals surface area contributed by atoms with E-state index in [0.717, 1.165) is 35.1 Å². The smallest absolute Gasteiger partial charge is 0.303 e. The number of hydrogen-bond donors (Lipinski definition) is 1. The van der Waals surface area contributed by atoms with E-state index in [-0.39, 0.29) is 18.3 Å². The highest BCUT2D eigenvalue weighted by atomic mass is 19.1. The molecule has 0 saturated heterocycles. The normalized spacial score (nSPS) is 14.1. The van der Waals surface area contributed by atoms with Gasteiger partial charge < -0.3 is 19.5 Å². The van der Waals surface area contributed by atoms with Crippen LogP contribution in [0.5, 0.6) is 11.5 Å². The lowest BCUT2D eigenvalue weighted by Crippen LogP contribution is -2.22. The van der Waals surface area contributed by atoms with Gasteiger partial charge in [-0.2, -0.15) is 0 Å². The summed E-state index contributed by atoms with van der Waals surface area (Å²) in [5.74, 6) is 0.767. The van der Waals surface area contributed by atoms with Crippen LogP contribution in [0.3, 0.4) is 0 Å². The number of ether oxygens (including phenoxy) is 2. The van der Waals surface area contributed by atoms with Gasteiger partial charge in [0.05, 0.1) is 7.11 Å². The number of benzene rings is 3. The van der Waals surface area contributed by atoms with Crippen LogP contribution in [0.15, 0.2) is 60.7 Å². The van der Waals surface area contributed by atoms with Gasteiger partial charge in [-0.15, -0.1) is 0 Å². The summed E-state index contributed by atoms with van der Waals surface area (Å²) in [6.07, 6.45) is 2.87. The molecule has 0 aliphatic heterocycles. The van der Waals surface area contributed by atoms with Crippen molar-refractivity contribution in [3.8, 4) is 22.6 Å².